The standard InChI is InChI=1S/C23H25NO5/c1-5-28-22(26)15-16-23(2,3)24(21(25)17-27-4)18-11-13-20(14-12-18)29-19-9-7-6-8-10-19/h6-14H,5,17H2,1-4H3. The van der Waals surface area contributed by atoms with E-state index in [1.54, 1.807) is 45.0 Å². The van der Waals surface area contributed by atoms with Gasteiger partial charge in [-0.1, -0.05) is 24.1 Å². The first kappa shape index (κ1) is 22.0. The minimum absolute atomic E-state index is 0.118. The fourth-order valence-electron chi connectivity index (χ4n) is 2.68. The van der Waals surface area contributed by atoms with E-state index in [9.17, 15) is 9.59 Å². The van der Waals surface area contributed by atoms with Crippen molar-refractivity contribution in [3.8, 4) is 23.3 Å². The van der Waals surface area contributed by atoms with Gasteiger partial charge in [0.1, 0.15) is 23.6 Å². The highest BCUT2D eigenvalue weighted by Gasteiger charge is 2.31. The molecule has 2 aromatic carbocycles. The molecule has 0 spiro atoms. The number of hydrogen-bond acceptors (Lipinski definition) is 5. The Morgan fingerprint density at radius 2 is 1.62 bits per heavy atom. The van der Waals surface area contributed by atoms with Crippen LogP contribution in [0.25, 0.3) is 0 Å². The van der Waals surface area contributed by atoms with E-state index in [2.05, 4.69) is 11.8 Å². The van der Waals surface area contributed by atoms with Gasteiger partial charge in [0, 0.05) is 18.7 Å². The topological polar surface area (TPSA) is 65.1 Å². The highest BCUT2D eigenvalue weighted by Crippen LogP contribution is 2.28. The molecular weight excluding hydrogens is 370 g/mol. The van der Waals surface area contributed by atoms with E-state index >= 15 is 0 Å². The molecule has 2 aromatic rings. The van der Waals surface area contributed by atoms with Gasteiger partial charge in [0.05, 0.1) is 6.61 Å². The average Bonchev–Trinajstić information content (AvgIpc) is 2.69. The highest BCUT2D eigenvalue weighted by molar-refractivity contribution is 5.97. The summed E-state index contributed by atoms with van der Waals surface area (Å²) in [5, 5.41) is 0. The van der Waals surface area contributed by atoms with Gasteiger partial charge in [-0.2, -0.15) is 0 Å². The molecule has 6 heteroatoms. The third-order valence-corrected chi connectivity index (χ3v) is 3.90. The molecule has 0 N–H and O–H groups in total. The Labute approximate surface area is 171 Å². The fourth-order valence-corrected chi connectivity index (χ4v) is 2.68. The number of methoxy groups -OCH3 is 1. The number of para-hydroxylation sites is 1. The van der Waals surface area contributed by atoms with Crippen molar-refractivity contribution in [2.75, 3.05) is 25.2 Å². The second kappa shape index (κ2) is 10.3. The van der Waals surface area contributed by atoms with Crippen molar-refractivity contribution >= 4 is 17.6 Å². The summed E-state index contributed by atoms with van der Waals surface area (Å²) in [7, 11) is 1.45. The monoisotopic (exact) mass is 395 g/mol. The molecular formula is C23H25NO5. The molecule has 0 bridgehead atoms. The zero-order valence-electron chi connectivity index (χ0n) is 17.1. The summed E-state index contributed by atoms with van der Waals surface area (Å²) < 4.78 is 15.7. The van der Waals surface area contributed by atoms with Gasteiger partial charge in [-0.05, 0) is 57.2 Å². The predicted molar refractivity (Wildman–Crippen MR) is 111 cm³/mol. The van der Waals surface area contributed by atoms with Crippen LogP contribution in [-0.2, 0) is 19.1 Å². The van der Waals surface area contributed by atoms with E-state index in [1.165, 1.54) is 12.0 Å². The second-order valence-electron chi connectivity index (χ2n) is 6.60. The van der Waals surface area contributed by atoms with Crippen LogP contribution in [0.4, 0.5) is 5.69 Å². The minimum Gasteiger partial charge on any atom is -0.457 e. The Morgan fingerprint density at radius 3 is 2.21 bits per heavy atom. The Bertz CT molecular complexity index is 879. The average molecular weight is 395 g/mol. The van der Waals surface area contributed by atoms with Gasteiger partial charge in [-0.15, -0.1) is 0 Å². The van der Waals surface area contributed by atoms with Gasteiger partial charge in [0.15, 0.2) is 0 Å². The van der Waals surface area contributed by atoms with Crippen molar-refractivity contribution < 1.29 is 23.8 Å². The summed E-state index contributed by atoms with van der Waals surface area (Å²) in [4.78, 5) is 25.8. The van der Waals surface area contributed by atoms with Gasteiger partial charge in [-0.3, -0.25) is 9.69 Å². The lowest BCUT2D eigenvalue weighted by Gasteiger charge is -2.34. The maximum absolute atomic E-state index is 12.7. The molecule has 0 atom stereocenters. The van der Waals surface area contributed by atoms with Gasteiger partial charge in [-0.25, -0.2) is 4.79 Å². The molecule has 0 radical (unpaired) electrons. The molecule has 0 aliphatic carbocycles. The molecule has 0 saturated carbocycles. The van der Waals surface area contributed by atoms with E-state index in [4.69, 9.17) is 14.2 Å². The fraction of sp³-hybridized carbons (Fsp3) is 0.304. The number of amides is 1. The van der Waals surface area contributed by atoms with Gasteiger partial charge < -0.3 is 14.2 Å². The van der Waals surface area contributed by atoms with E-state index in [0.29, 0.717) is 17.2 Å². The van der Waals surface area contributed by atoms with Crippen LogP contribution < -0.4 is 9.64 Å². The summed E-state index contributed by atoms with van der Waals surface area (Å²) in [5.74, 6) is 5.71. The maximum Gasteiger partial charge on any atom is 0.384 e. The van der Waals surface area contributed by atoms with Crippen LogP contribution in [0.15, 0.2) is 54.6 Å². The van der Waals surface area contributed by atoms with Crippen LogP contribution in [0.3, 0.4) is 0 Å². The van der Waals surface area contributed by atoms with Gasteiger partial charge in [0.25, 0.3) is 5.91 Å². The number of ether oxygens (including phenoxy) is 3. The molecule has 1 amide bonds. The molecule has 2 rings (SSSR count). The van der Waals surface area contributed by atoms with E-state index in [1.807, 2.05) is 30.3 Å². The first-order valence-corrected chi connectivity index (χ1v) is 9.22. The molecule has 6 nitrogen and oxygen atoms in total. The molecule has 0 fully saturated rings. The predicted octanol–water partition coefficient (Wildman–Crippen LogP) is 3.80. The van der Waals surface area contributed by atoms with E-state index in [-0.39, 0.29) is 19.1 Å². The highest BCUT2D eigenvalue weighted by atomic mass is 16.5. The zero-order chi connectivity index (χ0) is 21.3. The molecule has 152 valence electrons. The Morgan fingerprint density at radius 1 is 1.00 bits per heavy atom. The Balaban J connectivity index is 2.29. The number of anilines is 1. The number of carbonyl (C=O) groups is 2. The van der Waals surface area contributed by atoms with Crippen LogP contribution in [-0.4, -0.2) is 37.7 Å². The number of nitrogens with zero attached hydrogens (tertiary/aromatic N) is 1. The first-order valence-electron chi connectivity index (χ1n) is 9.22. The molecule has 0 aliphatic heterocycles. The molecule has 0 saturated heterocycles. The third-order valence-electron chi connectivity index (χ3n) is 3.90. The lowest BCUT2D eigenvalue weighted by Crippen LogP contribution is -2.48. The van der Waals surface area contributed by atoms with Crippen LogP contribution in [0.1, 0.15) is 20.8 Å². The van der Waals surface area contributed by atoms with Crippen molar-refractivity contribution in [1.29, 1.82) is 0 Å². The van der Waals surface area contributed by atoms with E-state index < -0.39 is 11.5 Å². The smallest absolute Gasteiger partial charge is 0.384 e. The normalized spacial score (nSPS) is 10.5. The number of esters is 1. The molecule has 29 heavy (non-hydrogen) atoms. The van der Waals surface area contributed by atoms with Crippen molar-refractivity contribution in [2.24, 2.45) is 0 Å². The zero-order valence-corrected chi connectivity index (χ0v) is 17.1. The maximum atomic E-state index is 12.7. The first-order chi connectivity index (χ1) is 13.9. The van der Waals surface area contributed by atoms with Crippen LogP contribution in [0.5, 0.6) is 11.5 Å². The number of rotatable bonds is 7. The Kier molecular flexibility index (Phi) is 7.81. The second-order valence-corrected chi connectivity index (χ2v) is 6.60. The van der Waals surface area contributed by atoms with Crippen LogP contribution >= 0.6 is 0 Å². The Hall–Kier alpha value is -3.30. The summed E-state index contributed by atoms with van der Waals surface area (Å²) in [6, 6.07) is 16.5. The van der Waals surface area contributed by atoms with Crippen molar-refractivity contribution in [1.82, 2.24) is 0 Å². The summed E-state index contributed by atoms with van der Waals surface area (Å²) in [6.45, 7) is 5.33. The minimum atomic E-state index is -0.968. The SMILES string of the molecule is CCOC(=O)C#CC(C)(C)N(C(=O)COC)c1ccc(Oc2ccccc2)cc1. The summed E-state index contributed by atoms with van der Waals surface area (Å²) in [6.07, 6.45) is 0. The molecule has 0 aliphatic rings. The van der Waals surface area contributed by atoms with E-state index in [0.717, 1.165) is 0 Å². The van der Waals surface area contributed by atoms with Gasteiger partial charge in [0.2, 0.25) is 0 Å². The molecule has 0 aromatic heterocycles. The quantitative estimate of drug-likeness (QED) is 0.405. The third kappa shape index (κ3) is 6.37. The number of carbonyl (C=O) groups excluding carboxylic acids is 2. The molecule has 0 unspecified atom stereocenters. The van der Waals surface area contributed by atoms with Crippen LogP contribution in [0.2, 0.25) is 0 Å². The van der Waals surface area contributed by atoms with Crippen molar-refractivity contribution in [3.05, 3.63) is 54.6 Å². The lowest BCUT2D eigenvalue weighted by molar-refractivity contribution is -0.136. The summed E-state index contributed by atoms with van der Waals surface area (Å²) in [5.41, 5.74) is -0.361. The number of hydrogen-bond donors (Lipinski definition) is 0. The van der Waals surface area contributed by atoms with Crippen molar-refractivity contribution in [3.63, 3.8) is 0 Å². The number of benzene rings is 2. The van der Waals surface area contributed by atoms with Crippen LogP contribution in [0, 0.1) is 11.8 Å². The van der Waals surface area contributed by atoms with Crippen molar-refractivity contribution in [2.45, 2.75) is 26.3 Å². The largest absolute Gasteiger partial charge is 0.457 e. The van der Waals surface area contributed by atoms with Gasteiger partial charge >= 0.3 is 5.97 Å². The molecule has 0 heterocycles. The summed E-state index contributed by atoms with van der Waals surface area (Å²) >= 11 is 0. The lowest BCUT2D eigenvalue weighted by atomic mass is 10.0.